The van der Waals surface area contributed by atoms with Gasteiger partial charge in [0, 0.05) is 12.5 Å². The zero-order valence-electron chi connectivity index (χ0n) is 11.1. The molecule has 2 unspecified atom stereocenters. The maximum absolute atomic E-state index is 10.9. The fourth-order valence-corrected chi connectivity index (χ4v) is 2.85. The molecule has 2 heteroatoms. The molecule has 2 N–H and O–H groups in total. The molecule has 0 saturated carbocycles. The standard InChI is InChI=1S/C15H23NO/c1-11-6-4-8-14(12(11)2)15(3,17)13-7-5-9-16-10-13/h4,6,8,13,16-17H,5,7,9-10H2,1-3H3. The molecule has 1 aliphatic rings. The van der Waals surface area contributed by atoms with E-state index in [4.69, 9.17) is 0 Å². The predicted octanol–water partition coefficient (Wildman–Crippen LogP) is 2.51. The number of benzene rings is 1. The minimum atomic E-state index is -0.719. The van der Waals surface area contributed by atoms with E-state index >= 15 is 0 Å². The van der Waals surface area contributed by atoms with Gasteiger partial charge in [0.25, 0.3) is 0 Å². The lowest BCUT2D eigenvalue weighted by Gasteiger charge is -2.37. The van der Waals surface area contributed by atoms with Gasteiger partial charge in [0.1, 0.15) is 0 Å². The van der Waals surface area contributed by atoms with Crippen molar-refractivity contribution in [2.75, 3.05) is 13.1 Å². The van der Waals surface area contributed by atoms with Crippen molar-refractivity contribution >= 4 is 0 Å². The summed E-state index contributed by atoms with van der Waals surface area (Å²) in [6, 6.07) is 6.22. The van der Waals surface area contributed by atoms with Crippen molar-refractivity contribution < 1.29 is 5.11 Å². The molecule has 2 rings (SSSR count). The summed E-state index contributed by atoms with van der Waals surface area (Å²) < 4.78 is 0. The van der Waals surface area contributed by atoms with E-state index in [0.717, 1.165) is 31.5 Å². The van der Waals surface area contributed by atoms with Crippen molar-refractivity contribution in [1.29, 1.82) is 0 Å². The fourth-order valence-electron chi connectivity index (χ4n) is 2.85. The molecule has 1 aliphatic heterocycles. The highest BCUT2D eigenvalue weighted by Gasteiger charge is 2.35. The Morgan fingerprint density at radius 1 is 1.35 bits per heavy atom. The summed E-state index contributed by atoms with van der Waals surface area (Å²) in [5.74, 6) is 0.316. The van der Waals surface area contributed by atoms with E-state index in [-0.39, 0.29) is 0 Å². The normalized spacial score (nSPS) is 24.4. The van der Waals surface area contributed by atoms with Gasteiger partial charge in [-0.1, -0.05) is 18.2 Å². The molecule has 1 aromatic rings. The van der Waals surface area contributed by atoms with Crippen LogP contribution in [0, 0.1) is 19.8 Å². The summed E-state index contributed by atoms with van der Waals surface area (Å²) >= 11 is 0. The highest BCUT2D eigenvalue weighted by molar-refractivity contribution is 5.37. The van der Waals surface area contributed by atoms with Crippen LogP contribution >= 0.6 is 0 Å². The van der Waals surface area contributed by atoms with E-state index in [1.54, 1.807) is 0 Å². The lowest BCUT2D eigenvalue weighted by molar-refractivity contribution is -0.0162. The van der Waals surface area contributed by atoms with Crippen LogP contribution in [0.15, 0.2) is 18.2 Å². The maximum Gasteiger partial charge on any atom is 0.0911 e. The summed E-state index contributed by atoms with van der Waals surface area (Å²) in [7, 11) is 0. The van der Waals surface area contributed by atoms with Gasteiger partial charge in [0.05, 0.1) is 5.60 Å². The monoisotopic (exact) mass is 233 g/mol. The number of aliphatic hydroxyl groups is 1. The van der Waals surface area contributed by atoms with E-state index in [1.807, 2.05) is 13.0 Å². The molecular weight excluding hydrogens is 210 g/mol. The van der Waals surface area contributed by atoms with Crippen LogP contribution < -0.4 is 5.32 Å². The van der Waals surface area contributed by atoms with Gasteiger partial charge >= 0.3 is 0 Å². The first-order chi connectivity index (χ1) is 8.03. The molecule has 1 heterocycles. The van der Waals surface area contributed by atoms with Crippen molar-refractivity contribution in [1.82, 2.24) is 5.32 Å². The van der Waals surface area contributed by atoms with Crippen molar-refractivity contribution in [2.45, 2.75) is 39.2 Å². The van der Waals surface area contributed by atoms with Crippen molar-refractivity contribution in [3.05, 3.63) is 34.9 Å². The minimum Gasteiger partial charge on any atom is -0.385 e. The van der Waals surface area contributed by atoms with Crippen LogP contribution in [0.1, 0.15) is 36.5 Å². The number of rotatable bonds is 2. The summed E-state index contributed by atoms with van der Waals surface area (Å²) in [6.45, 7) is 8.18. The third-order valence-electron chi connectivity index (χ3n) is 4.24. The molecule has 0 spiro atoms. The summed E-state index contributed by atoms with van der Waals surface area (Å²) in [6.07, 6.45) is 2.26. The highest BCUT2D eigenvalue weighted by atomic mass is 16.3. The van der Waals surface area contributed by atoms with Crippen molar-refractivity contribution in [3.8, 4) is 0 Å². The van der Waals surface area contributed by atoms with Crippen LogP contribution in [0.25, 0.3) is 0 Å². The molecule has 2 atom stereocenters. The van der Waals surface area contributed by atoms with Crippen LogP contribution in [0.3, 0.4) is 0 Å². The van der Waals surface area contributed by atoms with Gasteiger partial charge in [0.2, 0.25) is 0 Å². The van der Waals surface area contributed by atoms with E-state index in [1.165, 1.54) is 11.1 Å². The number of aryl methyl sites for hydroxylation is 1. The Morgan fingerprint density at radius 3 is 2.76 bits per heavy atom. The number of piperidine rings is 1. The summed E-state index contributed by atoms with van der Waals surface area (Å²) in [5.41, 5.74) is 2.85. The summed E-state index contributed by atoms with van der Waals surface area (Å²) in [4.78, 5) is 0. The number of hydrogen-bond acceptors (Lipinski definition) is 2. The summed E-state index contributed by atoms with van der Waals surface area (Å²) in [5, 5.41) is 14.3. The van der Waals surface area contributed by atoms with E-state index in [2.05, 4.69) is 31.3 Å². The first kappa shape index (κ1) is 12.6. The van der Waals surface area contributed by atoms with Gasteiger partial charge in [-0.25, -0.2) is 0 Å². The third-order valence-corrected chi connectivity index (χ3v) is 4.24. The van der Waals surface area contributed by atoms with E-state index in [9.17, 15) is 5.11 Å². The van der Waals surface area contributed by atoms with Crippen molar-refractivity contribution in [2.24, 2.45) is 5.92 Å². The Bertz CT molecular complexity index is 392. The fraction of sp³-hybridized carbons (Fsp3) is 0.600. The second-order valence-electron chi connectivity index (χ2n) is 5.44. The molecule has 2 nitrogen and oxygen atoms in total. The van der Waals surface area contributed by atoms with Gasteiger partial charge in [-0.3, -0.25) is 0 Å². The Hall–Kier alpha value is -0.860. The van der Waals surface area contributed by atoms with Gasteiger partial charge in [-0.15, -0.1) is 0 Å². The smallest absolute Gasteiger partial charge is 0.0911 e. The molecule has 1 aromatic carbocycles. The Labute approximate surface area is 104 Å². The topological polar surface area (TPSA) is 32.3 Å². The Balaban J connectivity index is 2.32. The average Bonchev–Trinajstić information content (AvgIpc) is 2.33. The first-order valence-electron chi connectivity index (χ1n) is 6.53. The first-order valence-corrected chi connectivity index (χ1v) is 6.53. The SMILES string of the molecule is Cc1cccc(C(C)(O)C2CCCNC2)c1C. The van der Waals surface area contributed by atoms with Gasteiger partial charge in [-0.2, -0.15) is 0 Å². The second kappa shape index (κ2) is 4.79. The van der Waals surface area contributed by atoms with Crippen molar-refractivity contribution in [3.63, 3.8) is 0 Å². The Morgan fingerprint density at radius 2 is 2.12 bits per heavy atom. The van der Waals surface area contributed by atoms with Crippen LogP contribution in [0.2, 0.25) is 0 Å². The largest absolute Gasteiger partial charge is 0.385 e. The van der Waals surface area contributed by atoms with Crippen LogP contribution in [0.4, 0.5) is 0 Å². The maximum atomic E-state index is 10.9. The number of nitrogens with one attached hydrogen (secondary N) is 1. The zero-order valence-corrected chi connectivity index (χ0v) is 11.1. The molecule has 0 aromatic heterocycles. The lowest BCUT2D eigenvalue weighted by atomic mass is 9.77. The minimum absolute atomic E-state index is 0.316. The average molecular weight is 233 g/mol. The molecule has 17 heavy (non-hydrogen) atoms. The van der Waals surface area contributed by atoms with Gasteiger partial charge in [0.15, 0.2) is 0 Å². The molecule has 0 aliphatic carbocycles. The predicted molar refractivity (Wildman–Crippen MR) is 71.1 cm³/mol. The molecular formula is C15H23NO. The quantitative estimate of drug-likeness (QED) is 0.822. The van der Waals surface area contributed by atoms with Crippen LogP contribution in [-0.4, -0.2) is 18.2 Å². The van der Waals surface area contributed by atoms with Crippen LogP contribution in [-0.2, 0) is 5.60 Å². The Kier molecular flexibility index (Phi) is 3.55. The molecule has 0 bridgehead atoms. The lowest BCUT2D eigenvalue weighted by Crippen LogP contribution is -2.42. The van der Waals surface area contributed by atoms with Gasteiger partial charge in [-0.05, 0) is 56.8 Å². The zero-order chi connectivity index (χ0) is 12.5. The molecule has 0 amide bonds. The van der Waals surface area contributed by atoms with E-state index in [0.29, 0.717) is 5.92 Å². The van der Waals surface area contributed by atoms with Gasteiger partial charge < -0.3 is 10.4 Å². The molecule has 1 fully saturated rings. The number of hydrogen-bond donors (Lipinski definition) is 2. The second-order valence-corrected chi connectivity index (χ2v) is 5.44. The van der Waals surface area contributed by atoms with E-state index < -0.39 is 5.60 Å². The highest BCUT2D eigenvalue weighted by Crippen LogP contribution is 2.35. The molecule has 94 valence electrons. The third kappa shape index (κ3) is 2.38. The molecule has 1 saturated heterocycles. The van der Waals surface area contributed by atoms with Crippen LogP contribution in [0.5, 0.6) is 0 Å². The molecule has 0 radical (unpaired) electrons.